The van der Waals surface area contributed by atoms with Crippen molar-refractivity contribution < 1.29 is 0 Å². The Hall–Kier alpha value is -1.36. The molecule has 0 aromatic carbocycles. The molecule has 1 aromatic rings. The van der Waals surface area contributed by atoms with Crippen LogP contribution in [0, 0.1) is 11.8 Å². The molecule has 0 aliphatic heterocycles. The minimum Gasteiger partial charge on any atom is -0.367 e. The molecule has 2 aliphatic rings. The van der Waals surface area contributed by atoms with Crippen LogP contribution in [0.2, 0.25) is 0 Å². The van der Waals surface area contributed by atoms with Crippen LogP contribution in [-0.2, 0) is 0 Å². The second kappa shape index (κ2) is 5.56. The molecule has 3 rings (SSSR count). The zero-order valence-electron chi connectivity index (χ0n) is 12.4. The highest BCUT2D eigenvalue weighted by molar-refractivity contribution is 5.48. The molecule has 0 amide bonds. The number of nitrogens with one attached hydrogen (secondary N) is 2. The molecule has 110 valence electrons. The van der Waals surface area contributed by atoms with Gasteiger partial charge in [-0.15, -0.1) is 0 Å². The quantitative estimate of drug-likeness (QED) is 0.582. The lowest BCUT2D eigenvalue weighted by molar-refractivity contribution is 0.280. The van der Waals surface area contributed by atoms with Crippen molar-refractivity contribution >= 4 is 11.6 Å². The Kier molecular flexibility index (Phi) is 3.78. The summed E-state index contributed by atoms with van der Waals surface area (Å²) >= 11 is 0. The van der Waals surface area contributed by atoms with Crippen molar-refractivity contribution in [1.82, 2.24) is 9.97 Å². The van der Waals surface area contributed by atoms with Crippen LogP contribution in [-0.4, -0.2) is 16.0 Å². The van der Waals surface area contributed by atoms with Gasteiger partial charge in [0.25, 0.3) is 0 Å². The van der Waals surface area contributed by atoms with Crippen molar-refractivity contribution in [3.63, 3.8) is 0 Å². The molecule has 1 heterocycles. The smallest absolute Gasteiger partial charge is 0.145 e. The van der Waals surface area contributed by atoms with Gasteiger partial charge in [-0.3, -0.25) is 0 Å². The number of hydrogen-bond donors (Lipinski definition) is 3. The van der Waals surface area contributed by atoms with Crippen molar-refractivity contribution in [2.75, 3.05) is 10.7 Å². The number of nitrogens with two attached hydrogens (primary N) is 1. The van der Waals surface area contributed by atoms with Gasteiger partial charge in [-0.1, -0.05) is 13.8 Å². The van der Waals surface area contributed by atoms with Gasteiger partial charge in [0, 0.05) is 18.0 Å². The predicted octanol–water partition coefficient (Wildman–Crippen LogP) is 2.88. The number of anilines is 2. The third kappa shape index (κ3) is 3.20. The second-order valence-corrected chi connectivity index (χ2v) is 6.67. The van der Waals surface area contributed by atoms with Gasteiger partial charge in [-0.25, -0.2) is 15.8 Å². The Bertz CT molecular complexity index is 461. The summed E-state index contributed by atoms with van der Waals surface area (Å²) in [5.41, 5.74) is 2.65. The number of aromatic nitrogens is 2. The molecule has 0 radical (unpaired) electrons. The Morgan fingerprint density at radius 1 is 1.05 bits per heavy atom. The minimum absolute atomic E-state index is 0.515. The van der Waals surface area contributed by atoms with Crippen molar-refractivity contribution in [2.24, 2.45) is 17.7 Å². The zero-order chi connectivity index (χ0) is 14.1. The first kappa shape index (κ1) is 13.6. The number of hydrazine groups is 1. The molecular weight excluding hydrogens is 250 g/mol. The summed E-state index contributed by atoms with van der Waals surface area (Å²) in [6.07, 6.45) is 6.18. The average molecular weight is 275 g/mol. The Morgan fingerprint density at radius 2 is 1.70 bits per heavy atom. The van der Waals surface area contributed by atoms with E-state index in [0.29, 0.717) is 17.8 Å². The second-order valence-electron chi connectivity index (χ2n) is 6.67. The van der Waals surface area contributed by atoms with E-state index in [0.717, 1.165) is 23.5 Å². The Balaban J connectivity index is 1.74. The fraction of sp³-hybridized carbons (Fsp3) is 0.733. The highest BCUT2D eigenvalue weighted by Gasteiger charge is 2.28. The van der Waals surface area contributed by atoms with E-state index in [9.17, 15) is 0 Å². The van der Waals surface area contributed by atoms with Gasteiger partial charge >= 0.3 is 0 Å². The first-order valence-electron chi connectivity index (χ1n) is 7.76. The van der Waals surface area contributed by atoms with Crippen LogP contribution in [0.1, 0.15) is 57.7 Å². The van der Waals surface area contributed by atoms with Crippen molar-refractivity contribution in [3.05, 3.63) is 11.9 Å². The lowest BCUT2D eigenvalue weighted by Crippen LogP contribution is -2.30. The molecule has 2 saturated carbocycles. The normalized spacial score (nSPS) is 30.1. The van der Waals surface area contributed by atoms with E-state index < -0.39 is 0 Å². The van der Waals surface area contributed by atoms with Crippen LogP contribution in [0.25, 0.3) is 0 Å². The monoisotopic (exact) mass is 275 g/mol. The lowest BCUT2D eigenvalue weighted by Gasteiger charge is -2.32. The summed E-state index contributed by atoms with van der Waals surface area (Å²) in [5.74, 6) is 10.2. The van der Waals surface area contributed by atoms with Gasteiger partial charge in [0.2, 0.25) is 0 Å². The molecule has 2 aliphatic carbocycles. The lowest BCUT2D eigenvalue weighted by atomic mass is 9.80. The summed E-state index contributed by atoms with van der Waals surface area (Å²) < 4.78 is 0. The Morgan fingerprint density at radius 3 is 2.30 bits per heavy atom. The standard InChI is InChI=1S/C15H25N5/c1-9-5-10(2)7-12(6-9)17-13-8-14(20-16)19-15(18-13)11-3-4-11/h8-12H,3-7,16H2,1-2H3,(H2,17,18,19,20). The van der Waals surface area contributed by atoms with Crippen molar-refractivity contribution in [3.8, 4) is 0 Å². The van der Waals surface area contributed by atoms with Gasteiger partial charge in [-0.2, -0.15) is 0 Å². The van der Waals surface area contributed by atoms with Crippen LogP contribution < -0.4 is 16.6 Å². The van der Waals surface area contributed by atoms with E-state index >= 15 is 0 Å². The number of nitrogen functional groups attached to an aromatic ring is 1. The third-order valence-corrected chi connectivity index (χ3v) is 4.36. The van der Waals surface area contributed by atoms with Crippen molar-refractivity contribution in [2.45, 2.75) is 57.9 Å². The summed E-state index contributed by atoms with van der Waals surface area (Å²) in [6, 6.07) is 2.43. The van der Waals surface area contributed by atoms with E-state index in [1.165, 1.54) is 32.1 Å². The van der Waals surface area contributed by atoms with Gasteiger partial charge in [0.15, 0.2) is 0 Å². The summed E-state index contributed by atoms with van der Waals surface area (Å²) in [4.78, 5) is 9.12. The first-order valence-corrected chi connectivity index (χ1v) is 7.76. The van der Waals surface area contributed by atoms with Crippen LogP contribution in [0.3, 0.4) is 0 Å². The van der Waals surface area contributed by atoms with E-state index in [2.05, 4.69) is 34.6 Å². The number of rotatable bonds is 4. The maximum Gasteiger partial charge on any atom is 0.145 e. The maximum absolute atomic E-state index is 5.52. The summed E-state index contributed by atoms with van der Waals surface area (Å²) in [6.45, 7) is 4.68. The molecule has 0 bridgehead atoms. The van der Waals surface area contributed by atoms with E-state index in [4.69, 9.17) is 5.84 Å². The average Bonchev–Trinajstić information content (AvgIpc) is 3.21. The molecule has 0 saturated heterocycles. The molecule has 5 nitrogen and oxygen atoms in total. The fourth-order valence-corrected chi connectivity index (χ4v) is 3.41. The van der Waals surface area contributed by atoms with Gasteiger partial charge in [-0.05, 0) is 43.9 Å². The molecule has 5 heteroatoms. The minimum atomic E-state index is 0.515. The molecule has 0 spiro atoms. The van der Waals surface area contributed by atoms with Crippen LogP contribution in [0.4, 0.5) is 11.6 Å². The molecule has 2 atom stereocenters. The molecule has 20 heavy (non-hydrogen) atoms. The SMILES string of the molecule is CC1CC(C)CC(Nc2cc(NN)nc(C3CC3)n2)C1. The number of nitrogens with zero attached hydrogens (tertiary/aromatic N) is 2. The zero-order valence-corrected chi connectivity index (χ0v) is 12.4. The summed E-state index contributed by atoms with van der Waals surface area (Å²) in [5, 5.41) is 3.59. The van der Waals surface area contributed by atoms with Gasteiger partial charge in [0.1, 0.15) is 17.5 Å². The molecule has 4 N–H and O–H groups in total. The number of hydrogen-bond acceptors (Lipinski definition) is 5. The predicted molar refractivity (Wildman–Crippen MR) is 81.4 cm³/mol. The van der Waals surface area contributed by atoms with Crippen LogP contribution in [0.15, 0.2) is 6.07 Å². The highest BCUT2D eigenvalue weighted by Crippen LogP contribution is 2.39. The molecule has 1 aromatic heterocycles. The van der Waals surface area contributed by atoms with Crippen molar-refractivity contribution in [1.29, 1.82) is 0 Å². The van der Waals surface area contributed by atoms with Gasteiger partial charge in [0.05, 0.1) is 0 Å². The molecule has 2 fully saturated rings. The Labute approximate surface area is 120 Å². The largest absolute Gasteiger partial charge is 0.367 e. The van der Waals surface area contributed by atoms with E-state index in [-0.39, 0.29) is 0 Å². The topological polar surface area (TPSA) is 75.9 Å². The fourth-order valence-electron chi connectivity index (χ4n) is 3.41. The van der Waals surface area contributed by atoms with E-state index in [1.807, 2.05) is 6.07 Å². The van der Waals surface area contributed by atoms with Crippen LogP contribution in [0.5, 0.6) is 0 Å². The van der Waals surface area contributed by atoms with Crippen LogP contribution >= 0.6 is 0 Å². The first-order chi connectivity index (χ1) is 9.64. The van der Waals surface area contributed by atoms with Gasteiger partial charge < -0.3 is 10.7 Å². The summed E-state index contributed by atoms with van der Waals surface area (Å²) in [7, 11) is 0. The molecular formula is C15H25N5. The third-order valence-electron chi connectivity index (χ3n) is 4.36. The van der Waals surface area contributed by atoms with E-state index in [1.54, 1.807) is 0 Å². The molecule has 2 unspecified atom stereocenters. The maximum atomic E-state index is 5.52. The highest BCUT2D eigenvalue weighted by atomic mass is 15.3.